The normalized spacial score (nSPS) is 11.4. The maximum absolute atomic E-state index is 13.4. The first-order valence-corrected chi connectivity index (χ1v) is 11.1. The molecule has 1 N–H and O–H groups in total. The molecule has 0 saturated carbocycles. The van der Waals surface area contributed by atoms with Crippen molar-refractivity contribution in [3.8, 4) is 5.69 Å². The third-order valence-electron chi connectivity index (χ3n) is 4.93. The van der Waals surface area contributed by atoms with Crippen molar-refractivity contribution >= 4 is 40.8 Å². The Hall–Kier alpha value is -2.90. The van der Waals surface area contributed by atoms with Crippen LogP contribution in [-0.4, -0.2) is 39.6 Å². The number of carbonyl (C=O) groups excluding carboxylic acids is 2. The molecule has 6 nitrogen and oxygen atoms in total. The number of carbonyl (C=O) groups is 2. The van der Waals surface area contributed by atoms with Crippen LogP contribution < -0.4 is 5.32 Å². The molecule has 0 bridgehead atoms. The van der Waals surface area contributed by atoms with Crippen molar-refractivity contribution in [3.05, 3.63) is 75.7 Å². The predicted octanol–water partition coefficient (Wildman–Crippen LogP) is 5.72. The summed E-state index contributed by atoms with van der Waals surface area (Å²) < 4.78 is 15.0. The molecule has 9 heteroatoms. The minimum Gasteiger partial charge on any atom is -0.330 e. The van der Waals surface area contributed by atoms with Gasteiger partial charge in [0.15, 0.2) is 0 Å². The highest BCUT2D eigenvalue weighted by Crippen LogP contribution is 2.26. The van der Waals surface area contributed by atoms with E-state index in [-0.39, 0.29) is 23.7 Å². The van der Waals surface area contributed by atoms with Crippen LogP contribution in [0.25, 0.3) is 5.69 Å². The lowest BCUT2D eigenvalue weighted by Crippen LogP contribution is -2.38. The van der Waals surface area contributed by atoms with Gasteiger partial charge in [-0.15, -0.1) is 0 Å². The van der Waals surface area contributed by atoms with Gasteiger partial charge in [0.2, 0.25) is 5.91 Å². The molecule has 174 valence electrons. The molecule has 3 aromatic rings. The first-order valence-electron chi connectivity index (χ1n) is 10.4. The first-order chi connectivity index (χ1) is 15.5. The molecule has 1 heterocycles. The predicted molar refractivity (Wildman–Crippen MR) is 129 cm³/mol. The van der Waals surface area contributed by atoms with Gasteiger partial charge in [-0.05, 0) is 49.4 Å². The second-order valence-electron chi connectivity index (χ2n) is 8.58. The highest BCUT2D eigenvalue weighted by molar-refractivity contribution is 6.35. The molecule has 3 rings (SSSR count). The number of nitrogens with zero attached hydrogens (tertiary/aromatic N) is 3. The van der Waals surface area contributed by atoms with Crippen LogP contribution in [0.2, 0.25) is 10.0 Å². The van der Waals surface area contributed by atoms with Crippen LogP contribution in [0.1, 0.15) is 43.7 Å². The highest BCUT2D eigenvalue weighted by atomic mass is 35.5. The van der Waals surface area contributed by atoms with Crippen molar-refractivity contribution in [1.29, 1.82) is 0 Å². The molecule has 0 atom stereocenters. The number of rotatable bonds is 6. The van der Waals surface area contributed by atoms with E-state index in [1.807, 2.05) is 20.8 Å². The van der Waals surface area contributed by atoms with Crippen molar-refractivity contribution in [2.75, 3.05) is 18.4 Å². The van der Waals surface area contributed by atoms with Gasteiger partial charge in [-0.3, -0.25) is 9.59 Å². The molecule has 2 amide bonds. The number of likely N-dealkylation sites (N-methyl/N-ethyl adjacent to an activating group) is 1. The molecular formula is C24H25Cl2FN4O2. The maximum atomic E-state index is 13.4. The zero-order chi connectivity index (χ0) is 24.3. The van der Waals surface area contributed by atoms with Gasteiger partial charge in [0, 0.05) is 33.6 Å². The molecule has 0 unspecified atom stereocenters. The lowest BCUT2D eigenvalue weighted by Gasteiger charge is -2.21. The monoisotopic (exact) mass is 490 g/mol. The number of benzene rings is 2. The number of aromatic nitrogens is 2. The standard InChI is InChI=1S/C24H25Cl2FN4O2/c1-5-30(23(33)15-10-16(25)12-17(26)11-15)14-22(32)28-21-13-20(24(2,3)4)29-31(21)19-8-6-18(27)7-9-19/h6-13H,5,14H2,1-4H3,(H,28,32). The van der Waals surface area contributed by atoms with Crippen LogP contribution in [0.5, 0.6) is 0 Å². The molecule has 0 radical (unpaired) electrons. The zero-order valence-corrected chi connectivity index (χ0v) is 20.3. The molecule has 2 aromatic carbocycles. The summed E-state index contributed by atoms with van der Waals surface area (Å²) in [6.07, 6.45) is 0. The van der Waals surface area contributed by atoms with Crippen LogP contribution in [0.15, 0.2) is 48.5 Å². The highest BCUT2D eigenvalue weighted by Gasteiger charge is 2.23. The summed E-state index contributed by atoms with van der Waals surface area (Å²) in [5, 5.41) is 8.11. The molecule has 0 saturated heterocycles. The van der Waals surface area contributed by atoms with Crippen molar-refractivity contribution in [1.82, 2.24) is 14.7 Å². The Morgan fingerprint density at radius 3 is 2.21 bits per heavy atom. The van der Waals surface area contributed by atoms with E-state index in [0.29, 0.717) is 33.7 Å². The average Bonchev–Trinajstić information content (AvgIpc) is 3.15. The van der Waals surface area contributed by atoms with Gasteiger partial charge in [0.05, 0.1) is 11.4 Å². The number of hydrogen-bond acceptors (Lipinski definition) is 3. The Balaban J connectivity index is 1.84. The van der Waals surface area contributed by atoms with E-state index in [0.717, 1.165) is 5.69 Å². The van der Waals surface area contributed by atoms with E-state index in [9.17, 15) is 14.0 Å². The largest absolute Gasteiger partial charge is 0.330 e. The van der Waals surface area contributed by atoms with Gasteiger partial charge in [-0.1, -0.05) is 44.0 Å². The SMILES string of the molecule is CCN(CC(=O)Nc1cc(C(C)(C)C)nn1-c1ccc(F)cc1)C(=O)c1cc(Cl)cc(Cl)c1. The molecule has 1 aromatic heterocycles. The maximum Gasteiger partial charge on any atom is 0.254 e. The molecule has 0 aliphatic carbocycles. The Morgan fingerprint density at radius 2 is 1.67 bits per heavy atom. The Bertz CT molecular complexity index is 1150. The Morgan fingerprint density at radius 1 is 1.06 bits per heavy atom. The number of amides is 2. The van der Waals surface area contributed by atoms with Crippen molar-refractivity contribution in [2.45, 2.75) is 33.1 Å². The second-order valence-corrected chi connectivity index (χ2v) is 9.45. The van der Waals surface area contributed by atoms with Crippen LogP contribution >= 0.6 is 23.2 Å². The van der Waals surface area contributed by atoms with Gasteiger partial charge in [0.25, 0.3) is 5.91 Å². The molecule has 0 spiro atoms. The third kappa shape index (κ3) is 6.12. The molecular weight excluding hydrogens is 466 g/mol. The van der Waals surface area contributed by atoms with Crippen LogP contribution in [-0.2, 0) is 10.2 Å². The zero-order valence-electron chi connectivity index (χ0n) is 18.8. The van der Waals surface area contributed by atoms with Gasteiger partial charge in [-0.25, -0.2) is 9.07 Å². The van der Waals surface area contributed by atoms with Crippen LogP contribution in [0, 0.1) is 5.82 Å². The van der Waals surface area contributed by atoms with Crippen molar-refractivity contribution in [2.24, 2.45) is 0 Å². The molecule has 33 heavy (non-hydrogen) atoms. The summed E-state index contributed by atoms with van der Waals surface area (Å²) in [6, 6.07) is 12.1. The number of halogens is 3. The van der Waals surface area contributed by atoms with Crippen molar-refractivity contribution in [3.63, 3.8) is 0 Å². The number of hydrogen-bond donors (Lipinski definition) is 1. The van der Waals surface area contributed by atoms with E-state index >= 15 is 0 Å². The third-order valence-corrected chi connectivity index (χ3v) is 5.37. The lowest BCUT2D eigenvalue weighted by molar-refractivity contribution is -0.116. The Labute approximate surface area is 202 Å². The lowest BCUT2D eigenvalue weighted by atomic mass is 9.92. The molecule has 0 aliphatic heterocycles. The summed E-state index contributed by atoms with van der Waals surface area (Å²) in [7, 11) is 0. The Kier molecular flexibility index (Phi) is 7.44. The topological polar surface area (TPSA) is 67.2 Å². The minimum atomic E-state index is -0.401. The smallest absolute Gasteiger partial charge is 0.254 e. The van der Waals surface area contributed by atoms with E-state index < -0.39 is 5.91 Å². The summed E-state index contributed by atoms with van der Waals surface area (Å²) in [5.74, 6) is -0.710. The quantitative estimate of drug-likeness (QED) is 0.480. The fourth-order valence-corrected chi connectivity index (χ4v) is 3.68. The summed E-state index contributed by atoms with van der Waals surface area (Å²) in [5.41, 5.74) is 1.37. The average molecular weight is 491 g/mol. The molecule has 0 fully saturated rings. The van der Waals surface area contributed by atoms with Crippen LogP contribution in [0.3, 0.4) is 0 Å². The second kappa shape index (κ2) is 9.93. The van der Waals surface area contributed by atoms with Gasteiger partial charge < -0.3 is 10.2 Å². The van der Waals surface area contributed by atoms with Gasteiger partial charge in [0.1, 0.15) is 18.2 Å². The van der Waals surface area contributed by atoms with E-state index in [1.165, 1.54) is 35.2 Å². The first kappa shape index (κ1) is 24.7. The minimum absolute atomic E-state index is 0.182. The van der Waals surface area contributed by atoms with Crippen LogP contribution in [0.4, 0.5) is 10.2 Å². The summed E-state index contributed by atoms with van der Waals surface area (Å²) in [4.78, 5) is 27.2. The summed E-state index contributed by atoms with van der Waals surface area (Å²) in [6.45, 7) is 7.91. The van der Waals surface area contributed by atoms with Gasteiger partial charge >= 0.3 is 0 Å². The van der Waals surface area contributed by atoms with E-state index in [1.54, 1.807) is 29.8 Å². The fraction of sp³-hybridized carbons (Fsp3) is 0.292. The fourth-order valence-electron chi connectivity index (χ4n) is 3.16. The van der Waals surface area contributed by atoms with Crippen molar-refractivity contribution < 1.29 is 14.0 Å². The number of nitrogens with one attached hydrogen (secondary N) is 1. The molecule has 0 aliphatic rings. The van der Waals surface area contributed by atoms with Gasteiger partial charge in [-0.2, -0.15) is 5.10 Å². The number of anilines is 1. The summed E-state index contributed by atoms with van der Waals surface area (Å²) >= 11 is 12.0. The van der Waals surface area contributed by atoms with E-state index in [2.05, 4.69) is 10.4 Å². The van der Waals surface area contributed by atoms with E-state index in [4.69, 9.17) is 23.2 Å².